The number of nitrogens with one attached hydrogen (secondary N) is 1. The second-order valence-electron chi connectivity index (χ2n) is 5.80. The Hall–Kier alpha value is -2.89. The molecule has 0 aliphatic carbocycles. The molecular weight excluding hydrogens is 380 g/mol. The van der Waals surface area contributed by atoms with Gasteiger partial charge in [-0.3, -0.25) is 9.59 Å². The third-order valence-electron chi connectivity index (χ3n) is 3.80. The Bertz CT molecular complexity index is 1010. The molecule has 0 radical (unpaired) electrons. The third kappa shape index (κ3) is 5.06. The molecule has 0 aliphatic rings. The standard InChI is InChI=1S/C21H17ClN2O2S/c22-17-7-3-2-6-16(17)19-11-9-15(27-19)10-12-21(26)24-18-8-4-1-5-14(18)13-20(23)25/h1-12H,13H2,(H2,23,25)(H,24,26)/b12-10+. The van der Waals surface area contributed by atoms with Crippen molar-refractivity contribution in [1.82, 2.24) is 0 Å². The number of anilines is 1. The lowest BCUT2D eigenvalue weighted by Gasteiger charge is -2.08. The van der Waals surface area contributed by atoms with Crippen LogP contribution in [0.4, 0.5) is 5.69 Å². The van der Waals surface area contributed by atoms with E-state index in [9.17, 15) is 9.59 Å². The highest BCUT2D eigenvalue weighted by molar-refractivity contribution is 7.16. The van der Waals surface area contributed by atoms with Gasteiger partial charge in [0.2, 0.25) is 11.8 Å². The Morgan fingerprint density at radius 1 is 1.04 bits per heavy atom. The lowest BCUT2D eigenvalue weighted by atomic mass is 10.1. The first kappa shape index (κ1) is 18.9. The molecule has 0 aliphatic heterocycles. The van der Waals surface area contributed by atoms with Gasteiger partial charge in [0.05, 0.1) is 6.42 Å². The van der Waals surface area contributed by atoms with E-state index in [0.717, 1.165) is 15.3 Å². The van der Waals surface area contributed by atoms with Gasteiger partial charge in [0.25, 0.3) is 0 Å². The van der Waals surface area contributed by atoms with E-state index >= 15 is 0 Å². The third-order valence-corrected chi connectivity index (χ3v) is 5.22. The van der Waals surface area contributed by atoms with Crippen LogP contribution < -0.4 is 11.1 Å². The first-order chi connectivity index (χ1) is 13.0. The highest BCUT2D eigenvalue weighted by Crippen LogP contribution is 2.33. The number of halogens is 1. The van der Waals surface area contributed by atoms with E-state index in [1.165, 1.54) is 6.08 Å². The van der Waals surface area contributed by atoms with Gasteiger partial charge >= 0.3 is 0 Å². The van der Waals surface area contributed by atoms with E-state index in [-0.39, 0.29) is 12.3 Å². The molecule has 6 heteroatoms. The molecule has 1 heterocycles. The minimum Gasteiger partial charge on any atom is -0.369 e. The van der Waals surface area contributed by atoms with Crippen LogP contribution in [-0.4, -0.2) is 11.8 Å². The molecule has 3 N–H and O–H groups in total. The number of amides is 2. The second-order valence-corrected chi connectivity index (χ2v) is 7.33. The number of thiophene rings is 1. The zero-order valence-corrected chi connectivity index (χ0v) is 15.9. The quantitative estimate of drug-likeness (QED) is 0.590. The van der Waals surface area contributed by atoms with Crippen LogP contribution in [0.2, 0.25) is 5.02 Å². The summed E-state index contributed by atoms with van der Waals surface area (Å²) < 4.78 is 0. The predicted molar refractivity (Wildman–Crippen MR) is 112 cm³/mol. The minimum atomic E-state index is -0.446. The molecule has 0 saturated carbocycles. The molecular formula is C21H17ClN2O2S. The number of rotatable bonds is 6. The number of carbonyl (C=O) groups excluding carboxylic acids is 2. The monoisotopic (exact) mass is 396 g/mol. The van der Waals surface area contributed by atoms with Crippen LogP contribution in [0.15, 0.2) is 66.7 Å². The summed E-state index contributed by atoms with van der Waals surface area (Å²) in [4.78, 5) is 25.3. The lowest BCUT2D eigenvalue weighted by molar-refractivity contribution is -0.117. The summed E-state index contributed by atoms with van der Waals surface area (Å²) in [5.74, 6) is -0.724. The number of hydrogen-bond acceptors (Lipinski definition) is 3. The van der Waals surface area contributed by atoms with Crippen molar-refractivity contribution in [3.63, 3.8) is 0 Å². The molecule has 0 saturated heterocycles. The Morgan fingerprint density at radius 3 is 2.56 bits per heavy atom. The zero-order chi connectivity index (χ0) is 19.2. The predicted octanol–water partition coefficient (Wildman–Crippen LogP) is 4.75. The van der Waals surface area contributed by atoms with E-state index in [0.29, 0.717) is 16.3 Å². The van der Waals surface area contributed by atoms with Crippen LogP contribution in [0.3, 0.4) is 0 Å². The van der Waals surface area contributed by atoms with Crippen LogP contribution in [0.1, 0.15) is 10.4 Å². The molecule has 2 aromatic carbocycles. The van der Waals surface area contributed by atoms with Gasteiger partial charge in [-0.2, -0.15) is 0 Å². The maximum Gasteiger partial charge on any atom is 0.248 e. The molecule has 4 nitrogen and oxygen atoms in total. The molecule has 3 aromatic rings. The van der Waals surface area contributed by atoms with Gasteiger partial charge in [-0.1, -0.05) is 48.0 Å². The first-order valence-electron chi connectivity index (χ1n) is 8.23. The zero-order valence-electron chi connectivity index (χ0n) is 14.3. The molecule has 1 aromatic heterocycles. The summed E-state index contributed by atoms with van der Waals surface area (Å²) in [6.07, 6.45) is 3.28. The van der Waals surface area contributed by atoms with Crippen molar-refractivity contribution in [2.75, 3.05) is 5.32 Å². The van der Waals surface area contributed by atoms with Crippen LogP contribution in [0, 0.1) is 0 Å². The van der Waals surface area contributed by atoms with Crippen LogP contribution in [-0.2, 0) is 16.0 Å². The van der Waals surface area contributed by atoms with Gasteiger partial charge in [-0.15, -0.1) is 11.3 Å². The molecule has 136 valence electrons. The van der Waals surface area contributed by atoms with Crippen molar-refractivity contribution >= 4 is 46.5 Å². The maximum atomic E-state index is 12.2. The molecule has 0 bridgehead atoms. The normalized spacial score (nSPS) is 10.9. The molecule has 0 fully saturated rings. The topological polar surface area (TPSA) is 72.2 Å². The van der Waals surface area contributed by atoms with E-state index < -0.39 is 5.91 Å². The fourth-order valence-electron chi connectivity index (χ4n) is 2.56. The Labute approximate surface area is 166 Å². The Morgan fingerprint density at radius 2 is 1.78 bits per heavy atom. The van der Waals surface area contributed by atoms with Crippen molar-refractivity contribution in [3.8, 4) is 10.4 Å². The number of benzene rings is 2. The maximum absolute atomic E-state index is 12.2. The average Bonchev–Trinajstić information content (AvgIpc) is 3.10. The largest absolute Gasteiger partial charge is 0.369 e. The molecule has 0 atom stereocenters. The smallest absolute Gasteiger partial charge is 0.248 e. The van der Waals surface area contributed by atoms with Gasteiger partial charge in [-0.25, -0.2) is 0 Å². The van der Waals surface area contributed by atoms with Crippen LogP contribution in [0.25, 0.3) is 16.5 Å². The average molecular weight is 397 g/mol. The van der Waals surface area contributed by atoms with Crippen molar-refractivity contribution in [2.24, 2.45) is 5.73 Å². The molecule has 0 spiro atoms. The second kappa shape index (κ2) is 8.66. The van der Waals surface area contributed by atoms with Crippen LogP contribution in [0.5, 0.6) is 0 Å². The molecule has 27 heavy (non-hydrogen) atoms. The Balaban J connectivity index is 1.70. The highest BCUT2D eigenvalue weighted by atomic mass is 35.5. The van der Waals surface area contributed by atoms with E-state index in [2.05, 4.69) is 5.32 Å². The molecule has 2 amide bonds. The fourth-order valence-corrected chi connectivity index (χ4v) is 3.81. The minimum absolute atomic E-state index is 0.0757. The molecule has 3 rings (SSSR count). The van der Waals surface area contributed by atoms with E-state index in [4.69, 9.17) is 17.3 Å². The summed E-state index contributed by atoms with van der Waals surface area (Å²) in [6.45, 7) is 0. The summed E-state index contributed by atoms with van der Waals surface area (Å²) in [7, 11) is 0. The number of primary amides is 1. The van der Waals surface area contributed by atoms with Gasteiger partial charge in [0, 0.05) is 32.1 Å². The van der Waals surface area contributed by atoms with Gasteiger partial charge in [0.1, 0.15) is 0 Å². The number of carbonyl (C=O) groups is 2. The number of para-hydroxylation sites is 1. The summed E-state index contributed by atoms with van der Waals surface area (Å²) in [5.41, 5.74) is 7.47. The van der Waals surface area contributed by atoms with Crippen LogP contribution >= 0.6 is 22.9 Å². The van der Waals surface area contributed by atoms with Crippen molar-refractivity contribution in [3.05, 3.63) is 82.2 Å². The van der Waals surface area contributed by atoms with E-state index in [1.807, 2.05) is 36.4 Å². The van der Waals surface area contributed by atoms with Crippen molar-refractivity contribution in [1.29, 1.82) is 0 Å². The Kier molecular flexibility index (Phi) is 6.06. The molecule has 0 unspecified atom stereocenters. The lowest BCUT2D eigenvalue weighted by Crippen LogP contribution is -2.16. The summed E-state index contributed by atoms with van der Waals surface area (Å²) >= 11 is 7.78. The first-order valence-corrected chi connectivity index (χ1v) is 9.42. The number of hydrogen-bond donors (Lipinski definition) is 2. The number of nitrogens with two attached hydrogens (primary N) is 1. The van der Waals surface area contributed by atoms with E-state index in [1.54, 1.807) is 41.7 Å². The van der Waals surface area contributed by atoms with Gasteiger partial charge in [0.15, 0.2) is 0 Å². The van der Waals surface area contributed by atoms with Crippen molar-refractivity contribution < 1.29 is 9.59 Å². The SMILES string of the molecule is NC(=O)Cc1ccccc1NC(=O)/C=C/c1ccc(-c2ccccc2Cl)s1. The van der Waals surface area contributed by atoms with Gasteiger partial charge < -0.3 is 11.1 Å². The fraction of sp³-hybridized carbons (Fsp3) is 0.0476. The summed E-state index contributed by atoms with van der Waals surface area (Å²) in [6, 6.07) is 18.6. The summed E-state index contributed by atoms with van der Waals surface area (Å²) in [5, 5.41) is 3.48. The highest BCUT2D eigenvalue weighted by Gasteiger charge is 2.08. The van der Waals surface area contributed by atoms with Gasteiger partial charge in [-0.05, 0) is 35.9 Å². The van der Waals surface area contributed by atoms with Crippen molar-refractivity contribution in [2.45, 2.75) is 6.42 Å².